The standard InChI is InChI=1S/C24H24N4O2S/c1-15(2)24-27-22(23(28-24)21-10-5-7-16(3)26-21)18-9-6-8-17(13-18)20-12-11-19(14-25-20)31(4,29)30/h5-15H,1-4H3,(H,27,28). The van der Waals surface area contributed by atoms with Crippen LogP contribution in [0.15, 0.2) is 65.7 Å². The zero-order valence-electron chi connectivity index (χ0n) is 17.9. The van der Waals surface area contributed by atoms with Crippen molar-refractivity contribution < 1.29 is 8.42 Å². The number of nitrogens with one attached hydrogen (secondary N) is 1. The van der Waals surface area contributed by atoms with Crippen LogP contribution in [0, 0.1) is 6.92 Å². The highest BCUT2D eigenvalue weighted by atomic mass is 32.2. The third-order valence-electron chi connectivity index (χ3n) is 5.01. The summed E-state index contributed by atoms with van der Waals surface area (Å²) < 4.78 is 23.4. The molecule has 4 rings (SSSR count). The first-order chi connectivity index (χ1) is 14.7. The van der Waals surface area contributed by atoms with Gasteiger partial charge >= 0.3 is 0 Å². The lowest BCUT2D eigenvalue weighted by molar-refractivity contribution is 0.601. The topological polar surface area (TPSA) is 88.6 Å². The maximum atomic E-state index is 11.7. The van der Waals surface area contributed by atoms with Crippen LogP contribution in [0.1, 0.15) is 31.3 Å². The van der Waals surface area contributed by atoms with E-state index >= 15 is 0 Å². The molecule has 3 aromatic heterocycles. The van der Waals surface area contributed by atoms with Gasteiger partial charge in [0, 0.05) is 35.2 Å². The molecule has 0 aliphatic rings. The third kappa shape index (κ3) is 4.41. The second kappa shape index (κ2) is 8.07. The molecule has 1 N–H and O–H groups in total. The number of pyridine rings is 2. The number of aromatic amines is 1. The molecule has 4 aromatic rings. The first-order valence-electron chi connectivity index (χ1n) is 10.0. The number of imidazole rings is 1. The van der Waals surface area contributed by atoms with E-state index in [0.717, 1.165) is 39.7 Å². The normalized spacial score (nSPS) is 11.8. The number of aryl methyl sites for hydroxylation is 1. The number of rotatable bonds is 5. The van der Waals surface area contributed by atoms with Crippen LogP contribution in [0.25, 0.3) is 33.9 Å². The fourth-order valence-electron chi connectivity index (χ4n) is 3.34. The quantitative estimate of drug-likeness (QED) is 0.477. The van der Waals surface area contributed by atoms with E-state index in [1.165, 1.54) is 12.5 Å². The van der Waals surface area contributed by atoms with Crippen molar-refractivity contribution in [1.82, 2.24) is 19.9 Å². The lowest BCUT2D eigenvalue weighted by Crippen LogP contribution is -1.98. The van der Waals surface area contributed by atoms with Gasteiger partial charge < -0.3 is 4.98 Å². The van der Waals surface area contributed by atoms with Crippen molar-refractivity contribution in [2.24, 2.45) is 0 Å². The van der Waals surface area contributed by atoms with Crippen LogP contribution in [-0.4, -0.2) is 34.6 Å². The number of sulfone groups is 1. The second-order valence-corrected chi connectivity index (χ2v) is 9.91. The van der Waals surface area contributed by atoms with Crippen LogP contribution in [0.4, 0.5) is 0 Å². The molecule has 158 valence electrons. The molecule has 0 bridgehead atoms. The molecule has 0 aliphatic carbocycles. The van der Waals surface area contributed by atoms with E-state index in [0.29, 0.717) is 5.69 Å². The molecular formula is C24H24N4O2S. The molecule has 0 unspecified atom stereocenters. The number of benzene rings is 1. The van der Waals surface area contributed by atoms with Gasteiger partial charge in [-0.15, -0.1) is 0 Å². The summed E-state index contributed by atoms with van der Waals surface area (Å²) in [7, 11) is -3.28. The molecule has 0 fully saturated rings. The lowest BCUT2D eigenvalue weighted by Gasteiger charge is -2.07. The highest BCUT2D eigenvalue weighted by molar-refractivity contribution is 7.90. The third-order valence-corrected chi connectivity index (χ3v) is 6.11. The summed E-state index contributed by atoms with van der Waals surface area (Å²) in [6.07, 6.45) is 2.57. The van der Waals surface area contributed by atoms with Crippen molar-refractivity contribution in [2.75, 3.05) is 6.26 Å². The van der Waals surface area contributed by atoms with E-state index in [-0.39, 0.29) is 10.8 Å². The molecule has 0 amide bonds. The van der Waals surface area contributed by atoms with Crippen molar-refractivity contribution in [3.8, 4) is 33.9 Å². The van der Waals surface area contributed by atoms with Crippen LogP contribution in [0.5, 0.6) is 0 Å². The van der Waals surface area contributed by atoms with E-state index in [1.807, 2.05) is 49.4 Å². The molecule has 1 aromatic carbocycles. The Balaban J connectivity index is 1.81. The summed E-state index contributed by atoms with van der Waals surface area (Å²) >= 11 is 0. The van der Waals surface area contributed by atoms with Crippen molar-refractivity contribution in [3.05, 3.63) is 72.3 Å². The molecule has 31 heavy (non-hydrogen) atoms. The van der Waals surface area contributed by atoms with Gasteiger partial charge in [-0.25, -0.2) is 13.4 Å². The Bertz CT molecular complexity index is 1340. The minimum Gasteiger partial charge on any atom is -0.340 e. The number of nitrogens with zero attached hydrogens (tertiary/aromatic N) is 3. The molecule has 0 saturated carbocycles. The zero-order chi connectivity index (χ0) is 22.2. The summed E-state index contributed by atoms with van der Waals surface area (Å²) in [6.45, 7) is 6.16. The number of hydrogen-bond donors (Lipinski definition) is 1. The van der Waals surface area contributed by atoms with E-state index in [1.54, 1.807) is 12.1 Å². The van der Waals surface area contributed by atoms with Crippen LogP contribution in [0.2, 0.25) is 0 Å². The zero-order valence-corrected chi connectivity index (χ0v) is 18.7. The highest BCUT2D eigenvalue weighted by Crippen LogP contribution is 2.33. The van der Waals surface area contributed by atoms with Crippen LogP contribution in [-0.2, 0) is 9.84 Å². The smallest absolute Gasteiger partial charge is 0.177 e. The van der Waals surface area contributed by atoms with Gasteiger partial charge in [0.2, 0.25) is 0 Å². The van der Waals surface area contributed by atoms with E-state index in [9.17, 15) is 8.42 Å². The van der Waals surface area contributed by atoms with Crippen LogP contribution < -0.4 is 0 Å². The molecule has 7 heteroatoms. The second-order valence-electron chi connectivity index (χ2n) is 7.90. The molecule has 0 atom stereocenters. The molecular weight excluding hydrogens is 408 g/mol. The van der Waals surface area contributed by atoms with E-state index in [2.05, 4.69) is 28.8 Å². The molecule has 0 radical (unpaired) electrons. The molecule has 3 heterocycles. The van der Waals surface area contributed by atoms with Crippen molar-refractivity contribution in [1.29, 1.82) is 0 Å². The number of aromatic nitrogens is 4. The van der Waals surface area contributed by atoms with Crippen LogP contribution >= 0.6 is 0 Å². The Hall–Kier alpha value is -3.32. The predicted octanol–water partition coefficient (Wildman–Crippen LogP) is 5.04. The Kier molecular flexibility index (Phi) is 5.45. The maximum absolute atomic E-state index is 11.7. The minimum absolute atomic E-state index is 0.203. The summed E-state index contributed by atoms with van der Waals surface area (Å²) in [6, 6.07) is 17.2. The summed E-state index contributed by atoms with van der Waals surface area (Å²) in [5, 5.41) is 0. The molecule has 0 spiro atoms. The largest absolute Gasteiger partial charge is 0.340 e. The van der Waals surface area contributed by atoms with E-state index in [4.69, 9.17) is 4.98 Å². The van der Waals surface area contributed by atoms with Gasteiger partial charge in [-0.05, 0) is 37.3 Å². The van der Waals surface area contributed by atoms with Crippen molar-refractivity contribution in [2.45, 2.75) is 31.6 Å². The number of hydrogen-bond acceptors (Lipinski definition) is 5. The van der Waals surface area contributed by atoms with Gasteiger partial charge in [0.1, 0.15) is 5.82 Å². The van der Waals surface area contributed by atoms with Gasteiger partial charge in [-0.3, -0.25) is 9.97 Å². The van der Waals surface area contributed by atoms with Gasteiger partial charge in [-0.1, -0.05) is 38.1 Å². The average molecular weight is 433 g/mol. The predicted molar refractivity (Wildman–Crippen MR) is 122 cm³/mol. The van der Waals surface area contributed by atoms with Gasteiger partial charge in [0.05, 0.1) is 27.7 Å². The highest BCUT2D eigenvalue weighted by Gasteiger charge is 2.18. The molecule has 6 nitrogen and oxygen atoms in total. The fraction of sp³-hybridized carbons (Fsp3) is 0.208. The van der Waals surface area contributed by atoms with E-state index < -0.39 is 9.84 Å². The Morgan fingerprint density at radius 3 is 2.29 bits per heavy atom. The van der Waals surface area contributed by atoms with Gasteiger partial charge in [0.25, 0.3) is 0 Å². The summed E-state index contributed by atoms with van der Waals surface area (Å²) in [5.41, 5.74) is 6.01. The summed E-state index contributed by atoms with van der Waals surface area (Å²) in [4.78, 5) is 17.6. The van der Waals surface area contributed by atoms with Crippen molar-refractivity contribution in [3.63, 3.8) is 0 Å². The Morgan fingerprint density at radius 2 is 1.65 bits per heavy atom. The van der Waals surface area contributed by atoms with Crippen molar-refractivity contribution >= 4 is 9.84 Å². The van der Waals surface area contributed by atoms with Gasteiger partial charge in [0.15, 0.2) is 9.84 Å². The Morgan fingerprint density at radius 1 is 0.903 bits per heavy atom. The minimum atomic E-state index is -3.28. The molecule has 0 saturated heterocycles. The summed E-state index contributed by atoms with van der Waals surface area (Å²) in [5.74, 6) is 1.14. The van der Waals surface area contributed by atoms with Crippen LogP contribution in [0.3, 0.4) is 0 Å². The lowest BCUT2D eigenvalue weighted by atomic mass is 10.0. The maximum Gasteiger partial charge on any atom is 0.177 e. The molecule has 0 aliphatic heterocycles. The fourth-order valence-corrected chi connectivity index (χ4v) is 3.90. The van der Waals surface area contributed by atoms with Gasteiger partial charge in [-0.2, -0.15) is 0 Å². The number of H-pyrrole nitrogens is 1. The average Bonchev–Trinajstić information content (AvgIpc) is 3.19. The monoisotopic (exact) mass is 432 g/mol. The SMILES string of the molecule is Cc1cccc(-c2[nH]c(C(C)C)nc2-c2cccc(-c3ccc(S(C)(=O)=O)cn3)c2)n1. The Labute approximate surface area is 182 Å². The first-order valence-corrected chi connectivity index (χ1v) is 11.9. The first kappa shape index (κ1) is 20.9.